The smallest absolute Gasteiger partial charge is 0.228 e. The minimum Gasteiger partial charge on any atom is -0.480 e. The third kappa shape index (κ3) is 3.00. The van der Waals surface area contributed by atoms with E-state index < -0.39 is 5.95 Å². The van der Waals surface area contributed by atoms with Gasteiger partial charge in [0.2, 0.25) is 23.7 Å². The van der Waals surface area contributed by atoms with Gasteiger partial charge in [-0.3, -0.25) is 9.20 Å². The van der Waals surface area contributed by atoms with Gasteiger partial charge in [-0.05, 0) is 18.6 Å². The van der Waals surface area contributed by atoms with Crippen molar-refractivity contribution in [2.45, 2.75) is 18.9 Å². The van der Waals surface area contributed by atoms with Crippen molar-refractivity contribution < 1.29 is 13.9 Å². The summed E-state index contributed by atoms with van der Waals surface area (Å²) in [6.45, 7) is 0.592. The van der Waals surface area contributed by atoms with Gasteiger partial charge < -0.3 is 19.9 Å². The Kier molecular flexibility index (Phi) is 4.27. The molecule has 0 bridgehead atoms. The quantitative estimate of drug-likeness (QED) is 0.537. The lowest BCUT2D eigenvalue weighted by atomic mass is 10.1. The molecule has 1 fully saturated rings. The van der Waals surface area contributed by atoms with E-state index >= 15 is 0 Å². The maximum Gasteiger partial charge on any atom is 0.228 e. The number of aromatic nitrogens is 5. The molecule has 1 atom stereocenters. The second-order valence-electron chi connectivity index (χ2n) is 7.36. The highest BCUT2D eigenvalue weighted by Crippen LogP contribution is 2.34. The molecule has 30 heavy (non-hydrogen) atoms. The van der Waals surface area contributed by atoms with E-state index in [0.717, 1.165) is 17.5 Å². The number of carbonyl (C=O) groups is 1. The summed E-state index contributed by atoms with van der Waals surface area (Å²) >= 11 is 0. The van der Waals surface area contributed by atoms with Crippen LogP contribution in [0.2, 0.25) is 0 Å². The number of aromatic amines is 1. The van der Waals surface area contributed by atoms with Gasteiger partial charge >= 0.3 is 0 Å². The summed E-state index contributed by atoms with van der Waals surface area (Å²) in [5.41, 5.74) is 2.71. The Morgan fingerprint density at radius 3 is 3.00 bits per heavy atom. The Labute approximate surface area is 170 Å². The lowest BCUT2D eigenvalue weighted by Crippen LogP contribution is -2.43. The average Bonchev–Trinajstić information content (AvgIpc) is 3.34. The summed E-state index contributed by atoms with van der Waals surface area (Å²) in [7, 11) is 3.34. The Balaban J connectivity index is 1.52. The summed E-state index contributed by atoms with van der Waals surface area (Å²) in [4.78, 5) is 29.7. The summed E-state index contributed by atoms with van der Waals surface area (Å²) in [6.07, 6.45) is 5.88. The van der Waals surface area contributed by atoms with Crippen LogP contribution in [0.1, 0.15) is 12.8 Å². The first kappa shape index (κ1) is 18.3. The Hall–Kier alpha value is -3.69. The number of rotatable bonds is 4. The zero-order chi connectivity index (χ0) is 20.8. The van der Waals surface area contributed by atoms with Crippen LogP contribution in [0.3, 0.4) is 0 Å². The number of piperidine rings is 1. The van der Waals surface area contributed by atoms with E-state index in [9.17, 15) is 9.18 Å². The number of H-pyrrole nitrogens is 1. The lowest BCUT2D eigenvalue weighted by Gasteiger charge is -2.30. The van der Waals surface area contributed by atoms with Crippen LogP contribution in [0, 0.1) is 5.95 Å². The maximum absolute atomic E-state index is 14.0. The molecule has 4 aromatic heterocycles. The van der Waals surface area contributed by atoms with Gasteiger partial charge in [0, 0.05) is 49.6 Å². The normalized spacial score (nSPS) is 17.1. The first-order valence-electron chi connectivity index (χ1n) is 9.60. The van der Waals surface area contributed by atoms with Gasteiger partial charge in [-0.25, -0.2) is 4.98 Å². The molecule has 5 rings (SSSR count). The molecule has 1 aliphatic rings. The summed E-state index contributed by atoms with van der Waals surface area (Å²) in [6, 6.07) is 3.68. The number of fused-ring (bicyclic) bond motifs is 2. The van der Waals surface area contributed by atoms with Crippen molar-refractivity contribution >= 4 is 28.5 Å². The molecule has 1 unspecified atom stereocenters. The molecule has 9 nitrogen and oxygen atoms in total. The number of nitrogens with one attached hydrogen (secondary N) is 2. The van der Waals surface area contributed by atoms with Crippen LogP contribution >= 0.6 is 0 Å². The van der Waals surface area contributed by atoms with Gasteiger partial charge in [0.05, 0.1) is 18.7 Å². The molecule has 10 heteroatoms. The number of hydrogen-bond donors (Lipinski definition) is 2. The molecule has 1 saturated heterocycles. The van der Waals surface area contributed by atoms with E-state index in [1.807, 2.05) is 6.07 Å². The summed E-state index contributed by atoms with van der Waals surface area (Å²) in [5.74, 6) is 0.543. The number of pyridine rings is 1. The fourth-order valence-corrected chi connectivity index (χ4v) is 3.86. The predicted octanol–water partition coefficient (Wildman–Crippen LogP) is 2.45. The SMILES string of the molecule is COc1nc(NC2CCC(=O)N(C)C2)nc2[nH]cc(-c3ccc4ncc(F)n4c3)c12. The van der Waals surface area contributed by atoms with Crippen molar-refractivity contribution in [1.29, 1.82) is 0 Å². The lowest BCUT2D eigenvalue weighted by molar-refractivity contribution is -0.132. The fraction of sp³-hybridized carbons (Fsp3) is 0.300. The molecule has 0 radical (unpaired) electrons. The van der Waals surface area contributed by atoms with Crippen molar-refractivity contribution in [1.82, 2.24) is 29.2 Å². The van der Waals surface area contributed by atoms with Gasteiger partial charge in [0.1, 0.15) is 11.3 Å². The van der Waals surface area contributed by atoms with E-state index in [1.165, 1.54) is 10.6 Å². The van der Waals surface area contributed by atoms with Crippen molar-refractivity contribution in [2.24, 2.45) is 0 Å². The van der Waals surface area contributed by atoms with Crippen LogP contribution in [0.25, 0.3) is 27.8 Å². The third-order valence-corrected chi connectivity index (χ3v) is 5.42. The molecule has 0 aliphatic carbocycles. The maximum atomic E-state index is 14.0. The number of likely N-dealkylation sites (tertiary alicyclic amines) is 1. The molecule has 0 spiro atoms. The van der Waals surface area contributed by atoms with Gasteiger partial charge in [0.25, 0.3) is 0 Å². The molecule has 4 aromatic rings. The number of ether oxygens (including phenoxy) is 1. The molecular formula is C20H20FN7O2. The highest BCUT2D eigenvalue weighted by atomic mass is 19.1. The summed E-state index contributed by atoms with van der Waals surface area (Å²) < 4.78 is 20.9. The van der Waals surface area contributed by atoms with Crippen molar-refractivity contribution in [2.75, 3.05) is 26.0 Å². The minimum absolute atomic E-state index is 0.0657. The van der Waals surface area contributed by atoms with Crippen molar-refractivity contribution in [3.8, 4) is 17.0 Å². The van der Waals surface area contributed by atoms with E-state index in [4.69, 9.17) is 4.74 Å². The third-order valence-electron chi connectivity index (χ3n) is 5.42. The van der Waals surface area contributed by atoms with Gasteiger partial charge in [0.15, 0.2) is 0 Å². The Morgan fingerprint density at radius 1 is 1.33 bits per heavy atom. The number of anilines is 1. The van der Waals surface area contributed by atoms with Crippen LogP contribution in [0.5, 0.6) is 5.88 Å². The number of carbonyl (C=O) groups excluding carboxylic acids is 1. The number of methoxy groups -OCH3 is 1. The van der Waals surface area contributed by atoms with E-state index in [2.05, 4.69) is 25.3 Å². The van der Waals surface area contributed by atoms with Gasteiger partial charge in [-0.15, -0.1) is 0 Å². The molecule has 0 saturated carbocycles. The molecule has 1 aliphatic heterocycles. The number of amides is 1. The van der Waals surface area contributed by atoms with Crippen LogP contribution in [-0.4, -0.2) is 61.9 Å². The molecule has 2 N–H and O–H groups in total. The zero-order valence-corrected chi connectivity index (χ0v) is 16.5. The molecule has 1 amide bonds. The average molecular weight is 409 g/mol. The predicted molar refractivity (Wildman–Crippen MR) is 109 cm³/mol. The standard InChI is InChI=1S/C20H20FN7O2/c1-27-10-12(4-6-16(27)29)24-20-25-18-17(19(26-20)30-2)13(7-23-18)11-3-5-15-22-8-14(21)28(15)9-11/h3,5,7-9,12H,4,6,10H2,1-2H3,(H2,23,24,25,26). The molecule has 5 heterocycles. The highest BCUT2D eigenvalue weighted by molar-refractivity contribution is 5.97. The number of halogens is 1. The number of likely N-dealkylation sites (N-methyl/N-ethyl adjacent to an activating group) is 1. The van der Waals surface area contributed by atoms with E-state index in [0.29, 0.717) is 41.5 Å². The largest absolute Gasteiger partial charge is 0.480 e. The minimum atomic E-state index is -0.433. The highest BCUT2D eigenvalue weighted by Gasteiger charge is 2.24. The first-order valence-corrected chi connectivity index (χ1v) is 9.60. The summed E-state index contributed by atoms with van der Waals surface area (Å²) in [5, 5.41) is 4.01. The van der Waals surface area contributed by atoms with Crippen molar-refractivity contribution in [3.05, 3.63) is 36.7 Å². The topological polar surface area (TPSA) is 100 Å². The number of imidazole rings is 1. The monoisotopic (exact) mass is 409 g/mol. The molecule has 154 valence electrons. The second kappa shape index (κ2) is 6.97. The van der Waals surface area contributed by atoms with Gasteiger partial charge in [-0.1, -0.05) is 0 Å². The number of nitrogens with zero attached hydrogens (tertiary/aromatic N) is 5. The molecular weight excluding hydrogens is 389 g/mol. The fourth-order valence-electron chi connectivity index (χ4n) is 3.86. The zero-order valence-electron chi connectivity index (χ0n) is 16.5. The number of hydrogen-bond acceptors (Lipinski definition) is 6. The Bertz CT molecular complexity index is 1260. The van der Waals surface area contributed by atoms with Crippen LogP contribution in [0.15, 0.2) is 30.7 Å². The van der Waals surface area contributed by atoms with Crippen LogP contribution in [0.4, 0.5) is 10.3 Å². The first-order chi connectivity index (χ1) is 14.5. The molecule has 0 aromatic carbocycles. The Morgan fingerprint density at radius 2 is 2.20 bits per heavy atom. The van der Waals surface area contributed by atoms with E-state index in [-0.39, 0.29) is 11.9 Å². The van der Waals surface area contributed by atoms with Crippen LogP contribution in [-0.2, 0) is 4.79 Å². The van der Waals surface area contributed by atoms with Crippen molar-refractivity contribution in [3.63, 3.8) is 0 Å². The van der Waals surface area contributed by atoms with Gasteiger partial charge in [-0.2, -0.15) is 14.4 Å². The van der Waals surface area contributed by atoms with Crippen LogP contribution < -0.4 is 10.1 Å². The van der Waals surface area contributed by atoms with E-state index in [1.54, 1.807) is 37.5 Å². The second-order valence-corrected chi connectivity index (χ2v) is 7.36.